The maximum atomic E-state index is 12.5. The maximum absolute atomic E-state index is 12.5. The van der Waals surface area contributed by atoms with E-state index in [4.69, 9.17) is 4.74 Å². The van der Waals surface area contributed by atoms with Crippen molar-refractivity contribution in [3.05, 3.63) is 12.2 Å². The lowest BCUT2D eigenvalue weighted by Crippen LogP contribution is -2.35. The first-order valence-electron chi connectivity index (χ1n) is 9.07. The van der Waals surface area contributed by atoms with Crippen molar-refractivity contribution < 1.29 is 9.53 Å². The van der Waals surface area contributed by atoms with Crippen LogP contribution in [0.25, 0.3) is 0 Å². The van der Waals surface area contributed by atoms with E-state index in [-0.39, 0.29) is 11.9 Å². The minimum Gasteiger partial charge on any atom is -0.465 e. The topological polar surface area (TPSA) is 26.3 Å². The van der Waals surface area contributed by atoms with Crippen molar-refractivity contribution in [1.82, 2.24) is 0 Å². The van der Waals surface area contributed by atoms with Crippen LogP contribution in [0.1, 0.15) is 46.0 Å². The summed E-state index contributed by atoms with van der Waals surface area (Å²) in [5, 5.41) is 0. The normalized spacial score (nSPS) is 45.6. The van der Waals surface area contributed by atoms with Crippen molar-refractivity contribution in [1.29, 1.82) is 0 Å². The van der Waals surface area contributed by atoms with Gasteiger partial charge in [-0.3, -0.25) is 4.79 Å². The lowest BCUT2D eigenvalue weighted by molar-refractivity contribution is -0.153. The predicted octanol–water partition coefficient (Wildman–Crippen LogP) is 4.06. The average molecular weight is 288 g/mol. The standard InChI is InChI=1S/C19H28O2/c1-3-11(4-2)10-21-19(20)16-9-14-8-15(16)18-13-6-5-12(7-13)17(14)18/h5-6,11-18H,3-4,7-10H2,1-2H3. The zero-order valence-corrected chi connectivity index (χ0v) is 13.3. The second-order valence-electron chi connectivity index (χ2n) is 7.92. The predicted molar refractivity (Wildman–Crippen MR) is 82.5 cm³/mol. The van der Waals surface area contributed by atoms with Gasteiger partial charge in [-0.15, -0.1) is 0 Å². The van der Waals surface area contributed by atoms with Crippen molar-refractivity contribution in [3.63, 3.8) is 0 Å². The molecule has 0 amide bonds. The molecule has 0 aromatic carbocycles. The Morgan fingerprint density at radius 2 is 1.81 bits per heavy atom. The monoisotopic (exact) mass is 288 g/mol. The molecule has 0 aromatic heterocycles. The number of allylic oxidation sites excluding steroid dienone is 2. The minimum atomic E-state index is 0.125. The van der Waals surface area contributed by atoms with Crippen LogP contribution in [0.3, 0.4) is 0 Å². The highest BCUT2D eigenvalue weighted by Gasteiger charge is 2.62. The zero-order chi connectivity index (χ0) is 14.6. The molecule has 3 fully saturated rings. The third kappa shape index (κ3) is 2.01. The van der Waals surface area contributed by atoms with Gasteiger partial charge in [0.15, 0.2) is 0 Å². The maximum Gasteiger partial charge on any atom is 0.309 e. The average Bonchev–Trinajstić information content (AvgIpc) is 3.25. The quantitative estimate of drug-likeness (QED) is 0.433. The van der Waals surface area contributed by atoms with Gasteiger partial charge in [0, 0.05) is 0 Å². The molecule has 116 valence electrons. The summed E-state index contributed by atoms with van der Waals surface area (Å²) >= 11 is 0. The molecule has 4 aliphatic carbocycles. The first kappa shape index (κ1) is 13.8. The number of carbonyl (C=O) groups is 1. The molecule has 7 unspecified atom stereocenters. The molecular weight excluding hydrogens is 260 g/mol. The van der Waals surface area contributed by atoms with Crippen molar-refractivity contribution in [2.45, 2.75) is 46.0 Å². The first-order chi connectivity index (χ1) is 10.2. The van der Waals surface area contributed by atoms with Crippen LogP contribution in [0, 0.1) is 47.3 Å². The van der Waals surface area contributed by atoms with Crippen LogP contribution in [0.2, 0.25) is 0 Å². The second-order valence-corrected chi connectivity index (χ2v) is 7.92. The molecule has 0 saturated heterocycles. The third-order valence-electron chi connectivity index (χ3n) is 7.19. The number of esters is 1. The summed E-state index contributed by atoms with van der Waals surface area (Å²) in [4.78, 5) is 12.5. The summed E-state index contributed by atoms with van der Waals surface area (Å²) < 4.78 is 5.69. The summed E-state index contributed by atoms with van der Waals surface area (Å²) in [6, 6.07) is 0. The van der Waals surface area contributed by atoms with Crippen molar-refractivity contribution >= 4 is 5.97 Å². The Bertz CT molecular complexity index is 450. The molecule has 0 radical (unpaired) electrons. The van der Waals surface area contributed by atoms with Crippen LogP contribution < -0.4 is 0 Å². The molecule has 0 spiro atoms. The molecule has 0 N–H and O–H groups in total. The number of ether oxygens (including phenoxy) is 1. The largest absolute Gasteiger partial charge is 0.465 e. The van der Waals surface area contributed by atoms with Gasteiger partial charge in [-0.05, 0) is 60.7 Å². The summed E-state index contributed by atoms with van der Waals surface area (Å²) in [5.41, 5.74) is 0. The molecule has 2 heteroatoms. The summed E-state index contributed by atoms with van der Waals surface area (Å²) in [5.74, 6) is 5.68. The Labute approximate surface area is 128 Å². The van der Waals surface area contributed by atoms with Crippen LogP contribution in [-0.4, -0.2) is 12.6 Å². The van der Waals surface area contributed by atoms with E-state index in [1.54, 1.807) is 0 Å². The number of fused-ring (bicyclic) bond motifs is 9. The molecule has 0 aromatic rings. The van der Waals surface area contributed by atoms with E-state index in [1.807, 2.05) is 0 Å². The molecule has 0 heterocycles. The molecule has 0 aliphatic heterocycles. The van der Waals surface area contributed by atoms with E-state index >= 15 is 0 Å². The second kappa shape index (κ2) is 5.14. The van der Waals surface area contributed by atoms with Crippen molar-refractivity contribution in [2.24, 2.45) is 47.3 Å². The van der Waals surface area contributed by atoms with Gasteiger partial charge in [0.1, 0.15) is 0 Å². The lowest BCUT2D eigenvalue weighted by atomic mass is 9.69. The van der Waals surface area contributed by atoms with E-state index in [1.165, 1.54) is 12.8 Å². The van der Waals surface area contributed by atoms with Crippen LogP contribution in [-0.2, 0) is 9.53 Å². The minimum absolute atomic E-state index is 0.125. The van der Waals surface area contributed by atoms with Gasteiger partial charge in [0.25, 0.3) is 0 Å². The molecule has 21 heavy (non-hydrogen) atoms. The molecular formula is C19H28O2. The van der Waals surface area contributed by atoms with Gasteiger partial charge in [-0.1, -0.05) is 38.8 Å². The highest BCUT2D eigenvalue weighted by molar-refractivity contribution is 5.73. The number of hydrogen-bond acceptors (Lipinski definition) is 2. The molecule has 2 nitrogen and oxygen atoms in total. The van der Waals surface area contributed by atoms with Gasteiger partial charge in [0.05, 0.1) is 12.5 Å². The van der Waals surface area contributed by atoms with E-state index < -0.39 is 0 Å². The fourth-order valence-electron chi connectivity index (χ4n) is 6.12. The Balaban J connectivity index is 1.40. The fraction of sp³-hybridized carbons (Fsp3) is 0.842. The van der Waals surface area contributed by atoms with Gasteiger partial charge in [0.2, 0.25) is 0 Å². The van der Waals surface area contributed by atoms with Crippen LogP contribution in [0.4, 0.5) is 0 Å². The van der Waals surface area contributed by atoms with Crippen LogP contribution in [0.15, 0.2) is 12.2 Å². The van der Waals surface area contributed by atoms with E-state index in [2.05, 4.69) is 26.0 Å². The fourth-order valence-corrected chi connectivity index (χ4v) is 6.12. The number of hydrogen-bond donors (Lipinski definition) is 0. The smallest absolute Gasteiger partial charge is 0.309 e. The van der Waals surface area contributed by atoms with Crippen LogP contribution in [0.5, 0.6) is 0 Å². The van der Waals surface area contributed by atoms with Gasteiger partial charge in [-0.2, -0.15) is 0 Å². The first-order valence-corrected chi connectivity index (χ1v) is 9.07. The third-order valence-corrected chi connectivity index (χ3v) is 7.19. The molecule has 3 saturated carbocycles. The summed E-state index contributed by atoms with van der Waals surface area (Å²) in [6.45, 7) is 5.01. The molecule has 7 atom stereocenters. The van der Waals surface area contributed by atoms with E-state index in [0.29, 0.717) is 18.4 Å². The molecule has 4 rings (SSSR count). The van der Waals surface area contributed by atoms with E-state index in [0.717, 1.165) is 48.9 Å². The Morgan fingerprint density at radius 1 is 1.10 bits per heavy atom. The Morgan fingerprint density at radius 3 is 2.52 bits per heavy atom. The van der Waals surface area contributed by atoms with Crippen LogP contribution >= 0.6 is 0 Å². The zero-order valence-electron chi connectivity index (χ0n) is 13.3. The lowest BCUT2D eigenvalue weighted by Gasteiger charge is -2.35. The summed E-state index contributed by atoms with van der Waals surface area (Å²) in [6.07, 6.45) is 10.9. The number of carbonyl (C=O) groups excluding carboxylic acids is 1. The SMILES string of the molecule is CCC(CC)COC(=O)C1CC2CC1C1C3C=CC(C3)C21. The van der Waals surface area contributed by atoms with E-state index in [9.17, 15) is 4.79 Å². The van der Waals surface area contributed by atoms with Gasteiger partial charge < -0.3 is 4.74 Å². The summed E-state index contributed by atoms with van der Waals surface area (Å²) in [7, 11) is 0. The molecule has 4 aliphatic rings. The highest BCUT2D eigenvalue weighted by Crippen LogP contribution is 2.67. The molecule has 4 bridgehead atoms. The van der Waals surface area contributed by atoms with Gasteiger partial charge in [-0.25, -0.2) is 0 Å². The highest BCUT2D eigenvalue weighted by atomic mass is 16.5. The Kier molecular flexibility index (Phi) is 3.39. The Hall–Kier alpha value is -0.790. The number of rotatable bonds is 5. The van der Waals surface area contributed by atoms with Gasteiger partial charge >= 0.3 is 5.97 Å². The van der Waals surface area contributed by atoms with Crippen molar-refractivity contribution in [3.8, 4) is 0 Å². The van der Waals surface area contributed by atoms with Crippen molar-refractivity contribution in [2.75, 3.05) is 6.61 Å².